The fourth-order valence-electron chi connectivity index (χ4n) is 5.63. The zero-order valence-corrected chi connectivity index (χ0v) is 14.1. The predicted octanol–water partition coefficient (Wildman–Crippen LogP) is 3.64. The number of benzene rings is 1. The van der Waals surface area contributed by atoms with E-state index >= 15 is 0 Å². The van der Waals surface area contributed by atoms with E-state index in [1.54, 1.807) is 12.1 Å². The van der Waals surface area contributed by atoms with Crippen LogP contribution in [0.4, 0.5) is 0 Å². The highest BCUT2D eigenvalue weighted by molar-refractivity contribution is 5.95. The lowest BCUT2D eigenvalue weighted by Crippen LogP contribution is -2.51. The summed E-state index contributed by atoms with van der Waals surface area (Å²) in [5.74, 6) is 1.44. The van der Waals surface area contributed by atoms with Crippen molar-refractivity contribution in [3.63, 3.8) is 0 Å². The van der Waals surface area contributed by atoms with Gasteiger partial charge in [-0.15, -0.1) is 0 Å². The number of carbonyl (C=O) groups excluding carboxylic acids is 2. The summed E-state index contributed by atoms with van der Waals surface area (Å²) in [6.45, 7) is 1.67. The lowest BCUT2D eigenvalue weighted by atomic mass is 9.48. The highest BCUT2D eigenvalue weighted by Crippen LogP contribution is 2.60. The van der Waals surface area contributed by atoms with Crippen LogP contribution in [-0.2, 0) is 9.53 Å². The minimum atomic E-state index is -0.620. The van der Waals surface area contributed by atoms with Gasteiger partial charge in [-0.1, -0.05) is 6.07 Å². The topological polar surface area (TPSA) is 63.6 Å². The first-order chi connectivity index (χ1) is 11.4. The number of carbonyl (C=O) groups is 2. The molecule has 4 nitrogen and oxygen atoms in total. The Morgan fingerprint density at radius 3 is 2.25 bits per heavy atom. The lowest BCUT2D eigenvalue weighted by molar-refractivity contribution is -0.147. The van der Waals surface area contributed by atoms with Gasteiger partial charge in [0.2, 0.25) is 0 Å². The molecule has 1 aromatic rings. The number of rotatable bonds is 4. The molecule has 0 radical (unpaired) electrons. The predicted molar refractivity (Wildman–Crippen MR) is 88.7 cm³/mol. The maximum atomic E-state index is 12.8. The van der Waals surface area contributed by atoms with Gasteiger partial charge in [0.1, 0.15) is 11.3 Å². The van der Waals surface area contributed by atoms with Gasteiger partial charge in [-0.05, 0) is 80.9 Å². The molecule has 0 saturated heterocycles. The number of hydrogen-bond acceptors (Lipinski definition) is 4. The van der Waals surface area contributed by atoms with Crippen LogP contribution in [0.3, 0.4) is 0 Å². The Hall–Kier alpha value is -1.84. The van der Waals surface area contributed by atoms with Crippen LogP contribution in [-0.4, -0.2) is 23.5 Å². The van der Waals surface area contributed by atoms with Gasteiger partial charge in [0.15, 0.2) is 12.4 Å². The van der Waals surface area contributed by atoms with E-state index in [2.05, 4.69) is 0 Å². The third kappa shape index (κ3) is 2.62. The molecule has 4 bridgehead atoms. The molecular formula is C20H24O4. The molecule has 5 rings (SSSR count). The third-order valence-corrected chi connectivity index (χ3v) is 6.34. The van der Waals surface area contributed by atoms with Gasteiger partial charge in [0.05, 0.1) is 0 Å². The molecule has 4 saturated carbocycles. The second kappa shape index (κ2) is 5.61. The molecule has 0 aromatic heterocycles. The van der Waals surface area contributed by atoms with Gasteiger partial charge in [-0.25, -0.2) is 4.79 Å². The molecule has 1 aromatic carbocycles. The van der Waals surface area contributed by atoms with Crippen molar-refractivity contribution in [1.82, 2.24) is 0 Å². The van der Waals surface area contributed by atoms with Crippen molar-refractivity contribution in [2.24, 2.45) is 23.2 Å². The van der Waals surface area contributed by atoms with Crippen LogP contribution in [0.5, 0.6) is 5.75 Å². The Kier molecular flexibility index (Phi) is 3.66. The van der Waals surface area contributed by atoms with E-state index in [9.17, 15) is 14.7 Å². The largest absolute Gasteiger partial charge is 0.507 e. The van der Waals surface area contributed by atoms with Crippen LogP contribution in [0.2, 0.25) is 0 Å². The van der Waals surface area contributed by atoms with Gasteiger partial charge < -0.3 is 9.84 Å². The van der Waals surface area contributed by atoms with Crippen LogP contribution in [0, 0.1) is 30.1 Å². The molecule has 1 N–H and O–H groups in total. The molecule has 4 heteroatoms. The summed E-state index contributed by atoms with van der Waals surface area (Å²) in [6, 6.07) is 4.82. The van der Waals surface area contributed by atoms with E-state index < -0.39 is 5.97 Å². The minimum Gasteiger partial charge on any atom is -0.507 e. The number of hydrogen-bond donors (Lipinski definition) is 1. The molecule has 4 aliphatic rings. The fourth-order valence-corrected chi connectivity index (χ4v) is 5.63. The Morgan fingerprint density at radius 1 is 1.12 bits per heavy atom. The average molecular weight is 328 g/mol. The van der Waals surface area contributed by atoms with Crippen LogP contribution in [0.25, 0.3) is 0 Å². The first-order valence-electron chi connectivity index (χ1n) is 8.95. The van der Waals surface area contributed by atoms with Crippen molar-refractivity contribution >= 4 is 11.8 Å². The summed E-state index contributed by atoms with van der Waals surface area (Å²) in [5, 5.41) is 9.87. The second-order valence-electron chi connectivity index (χ2n) is 8.22. The number of phenols is 1. The first kappa shape index (κ1) is 15.7. The number of phenolic OH excluding ortho intramolecular Hbond substituents is 1. The van der Waals surface area contributed by atoms with Gasteiger partial charge in [0.25, 0.3) is 0 Å². The van der Waals surface area contributed by atoms with E-state index in [-0.39, 0.29) is 29.1 Å². The lowest BCUT2D eigenvalue weighted by Gasteiger charge is -2.55. The van der Waals surface area contributed by atoms with Crippen molar-refractivity contribution in [2.75, 3.05) is 6.61 Å². The molecule has 24 heavy (non-hydrogen) atoms. The SMILES string of the molecule is Cc1ccc(C(=O)OCC(=O)C23CC4CC(CC(C4)C2)C3)c(O)c1. The summed E-state index contributed by atoms with van der Waals surface area (Å²) >= 11 is 0. The van der Waals surface area contributed by atoms with E-state index in [0.29, 0.717) is 17.8 Å². The second-order valence-corrected chi connectivity index (χ2v) is 8.22. The molecule has 0 aliphatic heterocycles. The summed E-state index contributed by atoms with van der Waals surface area (Å²) < 4.78 is 5.25. The highest BCUT2D eigenvalue weighted by atomic mass is 16.5. The molecule has 4 aliphatic carbocycles. The van der Waals surface area contributed by atoms with Crippen LogP contribution in [0.1, 0.15) is 54.4 Å². The van der Waals surface area contributed by atoms with Crippen molar-refractivity contribution in [3.05, 3.63) is 29.3 Å². The molecule has 0 spiro atoms. The number of aromatic hydroxyl groups is 1. The molecule has 0 unspecified atom stereocenters. The smallest absolute Gasteiger partial charge is 0.342 e. The number of esters is 1. The highest BCUT2D eigenvalue weighted by Gasteiger charge is 2.54. The summed E-state index contributed by atoms with van der Waals surface area (Å²) in [4.78, 5) is 25.0. The quantitative estimate of drug-likeness (QED) is 0.857. The maximum absolute atomic E-state index is 12.8. The van der Waals surface area contributed by atoms with Crippen LogP contribution in [0.15, 0.2) is 18.2 Å². The third-order valence-electron chi connectivity index (χ3n) is 6.34. The molecular weight excluding hydrogens is 304 g/mol. The number of ketones is 1. The van der Waals surface area contributed by atoms with Gasteiger partial charge in [-0.2, -0.15) is 0 Å². The van der Waals surface area contributed by atoms with Crippen LogP contribution >= 0.6 is 0 Å². The number of aryl methyl sites for hydroxylation is 1. The van der Waals surface area contributed by atoms with Gasteiger partial charge in [0, 0.05) is 5.41 Å². The fraction of sp³-hybridized carbons (Fsp3) is 0.600. The molecule has 4 fully saturated rings. The average Bonchev–Trinajstić information content (AvgIpc) is 2.51. The number of Topliss-reactive ketones (excluding diaryl/α,β-unsaturated/α-hetero) is 1. The Bertz CT molecular complexity index is 656. The summed E-state index contributed by atoms with van der Waals surface area (Å²) in [6.07, 6.45) is 6.78. The maximum Gasteiger partial charge on any atom is 0.342 e. The van der Waals surface area contributed by atoms with Crippen molar-refractivity contribution in [3.8, 4) is 5.75 Å². The van der Waals surface area contributed by atoms with E-state index in [1.165, 1.54) is 25.3 Å². The summed E-state index contributed by atoms with van der Waals surface area (Å²) in [5.41, 5.74) is 0.747. The van der Waals surface area contributed by atoms with Gasteiger partial charge in [-0.3, -0.25) is 4.79 Å². The van der Waals surface area contributed by atoms with E-state index in [1.807, 2.05) is 6.92 Å². The standard InChI is InChI=1S/C20H24O4/c1-12-2-3-16(17(21)4-12)19(23)24-11-18(22)20-8-13-5-14(9-20)7-15(6-13)10-20/h2-4,13-15,21H,5-11H2,1H3. The zero-order chi connectivity index (χ0) is 16.9. The molecule has 0 atom stereocenters. The van der Waals surface area contributed by atoms with Gasteiger partial charge >= 0.3 is 5.97 Å². The minimum absolute atomic E-state index is 0.0848. The Balaban J connectivity index is 1.42. The number of ether oxygens (including phenoxy) is 1. The van der Waals surface area contributed by atoms with Crippen molar-refractivity contribution in [2.45, 2.75) is 45.4 Å². The van der Waals surface area contributed by atoms with E-state index in [0.717, 1.165) is 24.8 Å². The normalized spacial score (nSPS) is 33.5. The Labute approximate surface area is 142 Å². The molecule has 128 valence electrons. The summed E-state index contributed by atoms with van der Waals surface area (Å²) in [7, 11) is 0. The van der Waals surface area contributed by atoms with E-state index in [4.69, 9.17) is 4.74 Å². The molecule has 0 heterocycles. The Morgan fingerprint density at radius 2 is 1.71 bits per heavy atom. The first-order valence-corrected chi connectivity index (χ1v) is 8.95. The van der Waals surface area contributed by atoms with Crippen molar-refractivity contribution in [1.29, 1.82) is 0 Å². The van der Waals surface area contributed by atoms with Crippen molar-refractivity contribution < 1.29 is 19.4 Å². The molecule has 0 amide bonds. The zero-order valence-electron chi connectivity index (χ0n) is 14.1. The monoisotopic (exact) mass is 328 g/mol. The van der Waals surface area contributed by atoms with Crippen LogP contribution < -0.4 is 0 Å².